The van der Waals surface area contributed by atoms with Gasteiger partial charge in [-0.2, -0.15) is 4.31 Å². The van der Waals surface area contributed by atoms with Gasteiger partial charge in [0.1, 0.15) is 0 Å². The highest BCUT2D eigenvalue weighted by atomic mass is 32.2. The largest absolute Gasteiger partial charge is 0.296 e. The van der Waals surface area contributed by atoms with Gasteiger partial charge in [0.05, 0.1) is 4.90 Å². The highest BCUT2D eigenvalue weighted by molar-refractivity contribution is 8.01. The second-order valence-corrected chi connectivity index (χ2v) is 10.3. The Hall–Kier alpha value is -1.49. The molecular weight excluding hydrogens is 392 g/mol. The van der Waals surface area contributed by atoms with Crippen molar-refractivity contribution in [3.63, 3.8) is 0 Å². The van der Waals surface area contributed by atoms with Crippen LogP contribution in [0.25, 0.3) is 0 Å². The van der Waals surface area contributed by atoms with Crippen LogP contribution < -0.4 is 5.32 Å². The number of aromatic nitrogens is 2. The zero-order chi connectivity index (χ0) is 19.3. The standard InChI is InChI=1S/C16H22N4O3S3/c1-5-20(6-2)26(22,23)13-9-7-12(8-10-13)14(21)17-15-18-19-16(25-15)24-11(3)4/h7-11H,5-6H2,1-4H3,(H,17,18,21). The number of amides is 1. The number of sulfonamides is 1. The van der Waals surface area contributed by atoms with Crippen LogP contribution in [0.1, 0.15) is 38.1 Å². The van der Waals surface area contributed by atoms with Gasteiger partial charge in [0.15, 0.2) is 4.34 Å². The molecule has 26 heavy (non-hydrogen) atoms. The first-order chi connectivity index (χ1) is 12.3. The maximum atomic E-state index is 12.5. The number of benzene rings is 1. The van der Waals surface area contributed by atoms with E-state index in [-0.39, 0.29) is 10.8 Å². The lowest BCUT2D eigenvalue weighted by Gasteiger charge is -2.18. The molecule has 1 aromatic carbocycles. The summed E-state index contributed by atoms with van der Waals surface area (Å²) in [6.07, 6.45) is 0. The molecule has 0 saturated carbocycles. The summed E-state index contributed by atoms with van der Waals surface area (Å²) in [5, 5.41) is 11.5. The highest BCUT2D eigenvalue weighted by Crippen LogP contribution is 2.28. The van der Waals surface area contributed by atoms with E-state index in [4.69, 9.17) is 0 Å². The van der Waals surface area contributed by atoms with Gasteiger partial charge >= 0.3 is 0 Å². The van der Waals surface area contributed by atoms with Crippen LogP contribution >= 0.6 is 23.1 Å². The van der Waals surface area contributed by atoms with Crippen LogP contribution in [0, 0.1) is 0 Å². The van der Waals surface area contributed by atoms with Crippen molar-refractivity contribution in [2.45, 2.75) is 42.2 Å². The Morgan fingerprint density at radius 1 is 1.19 bits per heavy atom. The topological polar surface area (TPSA) is 92.3 Å². The van der Waals surface area contributed by atoms with E-state index in [2.05, 4.69) is 29.4 Å². The summed E-state index contributed by atoms with van der Waals surface area (Å²) in [6, 6.07) is 5.89. The van der Waals surface area contributed by atoms with E-state index in [9.17, 15) is 13.2 Å². The second kappa shape index (κ2) is 8.94. The molecule has 0 atom stereocenters. The minimum Gasteiger partial charge on any atom is -0.296 e. The Morgan fingerprint density at radius 2 is 1.81 bits per heavy atom. The number of anilines is 1. The van der Waals surface area contributed by atoms with E-state index in [0.717, 1.165) is 4.34 Å². The van der Waals surface area contributed by atoms with Crippen molar-refractivity contribution in [2.75, 3.05) is 18.4 Å². The molecule has 1 N–H and O–H groups in total. The number of nitrogens with one attached hydrogen (secondary N) is 1. The molecule has 2 rings (SSSR count). The number of nitrogens with zero attached hydrogens (tertiary/aromatic N) is 3. The van der Waals surface area contributed by atoms with Crippen LogP contribution in [-0.4, -0.2) is 47.2 Å². The number of rotatable bonds is 8. The quantitative estimate of drug-likeness (QED) is 0.526. The third-order valence-corrected chi connectivity index (χ3v) is 7.41. The first-order valence-corrected chi connectivity index (χ1v) is 11.3. The van der Waals surface area contributed by atoms with E-state index >= 15 is 0 Å². The second-order valence-electron chi connectivity index (χ2n) is 5.61. The zero-order valence-corrected chi connectivity index (χ0v) is 17.5. The van der Waals surface area contributed by atoms with Crippen LogP contribution in [0.3, 0.4) is 0 Å². The molecule has 0 aliphatic rings. The maximum absolute atomic E-state index is 12.5. The molecule has 1 amide bonds. The van der Waals surface area contributed by atoms with Crippen molar-refractivity contribution in [3.05, 3.63) is 29.8 Å². The lowest BCUT2D eigenvalue weighted by Crippen LogP contribution is -2.30. The normalized spacial score (nSPS) is 11.9. The Morgan fingerprint density at radius 3 is 2.35 bits per heavy atom. The third-order valence-electron chi connectivity index (χ3n) is 3.42. The molecule has 0 fully saturated rings. The van der Waals surface area contributed by atoms with Gasteiger partial charge in [-0.05, 0) is 24.3 Å². The summed E-state index contributed by atoms with van der Waals surface area (Å²) >= 11 is 2.88. The number of carbonyl (C=O) groups excluding carboxylic acids is 1. The molecule has 142 valence electrons. The first-order valence-electron chi connectivity index (χ1n) is 8.19. The molecule has 0 aliphatic carbocycles. The fourth-order valence-corrected chi connectivity index (χ4v) is 5.60. The van der Waals surface area contributed by atoms with Gasteiger partial charge in [0.2, 0.25) is 15.2 Å². The number of thioether (sulfide) groups is 1. The summed E-state index contributed by atoms with van der Waals surface area (Å²) in [5.41, 5.74) is 0.358. The predicted molar refractivity (Wildman–Crippen MR) is 105 cm³/mol. The van der Waals surface area contributed by atoms with E-state index < -0.39 is 10.0 Å². The third kappa shape index (κ3) is 5.03. The van der Waals surface area contributed by atoms with E-state index in [1.165, 1.54) is 39.9 Å². The monoisotopic (exact) mass is 414 g/mol. The first kappa shape index (κ1) is 20.8. The van der Waals surface area contributed by atoms with Gasteiger partial charge < -0.3 is 0 Å². The Balaban J connectivity index is 2.10. The van der Waals surface area contributed by atoms with Gasteiger partial charge in [-0.3, -0.25) is 10.1 Å². The van der Waals surface area contributed by atoms with Crippen molar-refractivity contribution in [1.29, 1.82) is 0 Å². The minimum absolute atomic E-state index is 0.171. The highest BCUT2D eigenvalue weighted by Gasteiger charge is 2.21. The summed E-state index contributed by atoms with van der Waals surface area (Å²) in [7, 11) is -3.53. The SMILES string of the molecule is CCN(CC)S(=O)(=O)c1ccc(C(=O)Nc2nnc(SC(C)C)s2)cc1. The van der Waals surface area contributed by atoms with Crippen LogP contribution in [-0.2, 0) is 10.0 Å². The molecule has 7 nitrogen and oxygen atoms in total. The molecule has 0 aliphatic heterocycles. The van der Waals surface area contributed by atoms with E-state index in [1.54, 1.807) is 25.6 Å². The average Bonchev–Trinajstić information content (AvgIpc) is 3.02. The van der Waals surface area contributed by atoms with Gasteiger partial charge in [0, 0.05) is 23.9 Å². The molecule has 0 radical (unpaired) electrons. The smallest absolute Gasteiger partial charge is 0.257 e. The zero-order valence-electron chi connectivity index (χ0n) is 15.1. The molecule has 10 heteroatoms. The lowest BCUT2D eigenvalue weighted by atomic mass is 10.2. The Labute approximate surface area is 162 Å². The van der Waals surface area contributed by atoms with Crippen molar-refractivity contribution in [2.24, 2.45) is 0 Å². The van der Waals surface area contributed by atoms with Gasteiger partial charge in [-0.15, -0.1) is 10.2 Å². The van der Waals surface area contributed by atoms with Crippen LogP contribution in [0.4, 0.5) is 5.13 Å². The maximum Gasteiger partial charge on any atom is 0.257 e. The number of carbonyl (C=O) groups is 1. The summed E-state index contributed by atoms with van der Waals surface area (Å²) in [4.78, 5) is 12.5. The van der Waals surface area contributed by atoms with E-state index in [0.29, 0.717) is 29.0 Å². The Bertz CT molecular complexity index is 844. The predicted octanol–water partition coefficient (Wildman–Crippen LogP) is 3.32. The van der Waals surface area contributed by atoms with Gasteiger partial charge in [-0.1, -0.05) is 50.8 Å². The molecular formula is C16H22N4O3S3. The number of hydrogen-bond donors (Lipinski definition) is 1. The van der Waals surface area contributed by atoms with Gasteiger partial charge in [-0.25, -0.2) is 8.42 Å². The molecule has 2 aromatic rings. The summed E-state index contributed by atoms with van der Waals surface area (Å²) in [5.74, 6) is -0.353. The fraction of sp³-hybridized carbons (Fsp3) is 0.438. The van der Waals surface area contributed by atoms with Crippen molar-refractivity contribution in [3.8, 4) is 0 Å². The summed E-state index contributed by atoms with van der Waals surface area (Å²) < 4.78 is 27.1. The van der Waals surface area contributed by atoms with Crippen LogP contribution in [0.2, 0.25) is 0 Å². The molecule has 0 bridgehead atoms. The Kier molecular flexibility index (Phi) is 7.16. The lowest BCUT2D eigenvalue weighted by molar-refractivity contribution is 0.102. The van der Waals surface area contributed by atoms with Crippen LogP contribution in [0.5, 0.6) is 0 Å². The molecule has 0 spiro atoms. The number of hydrogen-bond acceptors (Lipinski definition) is 7. The van der Waals surface area contributed by atoms with Crippen molar-refractivity contribution < 1.29 is 13.2 Å². The minimum atomic E-state index is -3.53. The molecule has 0 saturated heterocycles. The average molecular weight is 415 g/mol. The molecule has 1 aromatic heterocycles. The van der Waals surface area contributed by atoms with Gasteiger partial charge in [0.25, 0.3) is 5.91 Å². The molecule has 0 unspecified atom stereocenters. The molecule has 1 heterocycles. The fourth-order valence-electron chi connectivity index (χ4n) is 2.17. The van der Waals surface area contributed by atoms with Crippen molar-refractivity contribution >= 4 is 44.2 Å². The van der Waals surface area contributed by atoms with Crippen LogP contribution in [0.15, 0.2) is 33.5 Å². The van der Waals surface area contributed by atoms with Crippen molar-refractivity contribution in [1.82, 2.24) is 14.5 Å². The van der Waals surface area contributed by atoms with E-state index in [1.807, 2.05) is 0 Å². The summed E-state index contributed by atoms with van der Waals surface area (Å²) in [6.45, 7) is 8.48.